The summed E-state index contributed by atoms with van der Waals surface area (Å²) in [5.74, 6) is 0.972. The van der Waals surface area contributed by atoms with Crippen LogP contribution in [0.1, 0.15) is 46.5 Å². The summed E-state index contributed by atoms with van der Waals surface area (Å²) in [6.45, 7) is 8.20. The van der Waals surface area contributed by atoms with Crippen LogP contribution in [0.5, 0.6) is 0 Å². The van der Waals surface area contributed by atoms with Crippen molar-refractivity contribution in [2.75, 3.05) is 13.2 Å². The third-order valence-corrected chi connectivity index (χ3v) is 3.35. The van der Waals surface area contributed by atoms with Crippen molar-refractivity contribution >= 4 is 5.91 Å². The minimum Gasteiger partial charge on any atom is -0.328 e. The number of nitrogens with one attached hydrogen (secondary N) is 1. The van der Waals surface area contributed by atoms with Gasteiger partial charge in [-0.1, -0.05) is 40.0 Å². The Morgan fingerprint density at radius 3 is 2.60 bits per heavy atom. The molecule has 15 heavy (non-hydrogen) atoms. The molecule has 1 heterocycles. The highest BCUT2D eigenvalue weighted by atomic mass is 16.2. The summed E-state index contributed by atoms with van der Waals surface area (Å²) >= 11 is 0. The van der Waals surface area contributed by atoms with E-state index in [0.717, 1.165) is 26.1 Å². The van der Waals surface area contributed by atoms with E-state index in [1.54, 1.807) is 0 Å². The Bertz CT molecular complexity index is 202. The van der Waals surface area contributed by atoms with E-state index in [-0.39, 0.29) is 6.04 Å². The number of hydrogen-bond donors (Lipinski definition) is 1. The number of hydrogen-bond acceptors (Lipinski definition) is 2. The van der Waals surface area contributed by atoms with Crippen LogP contribution in [0.15, 0.2) is 0 Å². The predicted molar refractivity (Wildman–Crippen MR) is 62.5 cm³/mol. The number of amides is 1. The van der Waals surface area contributed by atoms with E-state index in [4.69, 9.17) is 0 Å². The molecular weight excluding hydrogens is 188 g/mol. The maximum atomic E-state index is 11.9. The molecule has 1 unspecified atom stereocenters. The molecule has 0 radical (unpaired) electrons. The molecule has 0 aromatic carbocycles. The second-order valence-corrected chi connectivity index (χ2v) is 4.45. The van der Waals surface area contributed by atoms with E-state index >= 15 is 0 Å². The van der Waals surface area contributed by atoms with Crippen molar-refractivity contribution in [3.8, 4) is 0 Å². The first-order valence-electron chi connectivity index (χ1n) is 6.25. The van der Waals surface area contributed by atoms with Crippen LogP contribution in [-0.2, 0) is 4.79 Å². The van der Waals surface area contributed by atoms with Gasteiger partial charge in [0.1, 0.15) is 0 Å². The minimum atomic E-state index is 0.0874. The van der Waals surface area contributed by atoms with E-state index in [9.17, 15) is 4.79 Å². The lowest BCUT2D eigenvalue weighted by Gasteiger charge is -2.21. The standard InChI is InChI=1S/C12H24N2O/c1-4-7-11-12(15)14(9-13-11)8-10(5-2)6-3/h10-11,13H,4-9H2,1-3H3. The summed E-state index contributed by atoms with van der Waals surface area (Å²) in [7, 11) is 0. The maximum Gasteiger partial charge on any atom is 0.240 e. The van der Waals surface area contributed by atoms with Crippen LogP contribution in [0.25, 0.3) is 0 Å². The molecule has 1 saturated heterocycles. The van der Waals surface area contributed by atoms with Gasteiger partial charge in [0.05, 0.1) is 12.7 Å². The van der Waals surface area contributed by atoms with Crippen LogP contribution in [0.4, 0.5) is 0 Å². The normalized spacial score (nSPS) is 21.7. The zero-order chi connectivity index (χ0) is 11.3. The van der Waals surface area contributed by atoms with Crippen LogP contribution in [0.3, 0.4) is 0 Å². The third-order valence-electron chi connectivity index (χ3n) is 3.35. The van der Waals surface area contributed by atoms with Gasteiger partial charge < -0.3 is 4.90 Å². The van der Waals surface area contributed by atoms with Crippen molar-refractivity contribution in [2.45, 2.75) is 52.5 Å². The first-order valence-corrected chi connectivity index (χ1v) is 6.25. The highest BCUT2D eigenvalue weighted by Crippen LogP contribution is 2.14. The van der Waals surface area contributed by atoms with Crippen molar-refractivity contribution < 1.29 is 4.79 Å². The topological polar surface area (TPSA) is 32.3 Å². The van der Waals surface area contributed by atoms with E-state index < -0.39 is 0 Å². The van der Waals surface area contributed by atoms with Gasteiger partial charge in [-0.25, -0.2) is 0 Å². The molecule has 0 aromatic heterocycles. The fourth-order valence-electron chi connectivity index (χ4n) is 2.13. The zero-order valence-corrected chi connectivity index (χ0v) is 10.3. The van der Waals surface area contributed by atoms with Crippen LogP contribution in [0.2, 0.25) is 0 Å². The smallest absolute Gasteiger partial charge is 0.240 e. The Labute approximate surface area is 93.2 Å². The highest BCUT2D eigenvalue weighted by Gasteiger charge is 2.30. The highest BCUT2D eigenvalue weighted by molar-refractivity contribution is 5.83. The summed E-state index contributed by atoms with van der Waals surface area (Å²) < 4.78 is 0. The van der Waals surface area contributed by atoms with E-state index in [2.05, 4.69) is 26.1 Å². The van der Waals surface area contributed by atoms with Crippen molar-refractivity contribution in [3.05, 3.63) is 0 Å². The fourth-order valence-corrected chi connectivity index (χ4v) is 2.13. The second-order valence-electron chi connectivity index (χ2n) is 4.45. The van der Waals surface area contributed by atoms with Gasteiger partial charge in [-0.3, -0.25) is 10.1 Å². The second kappa shape index (κ2) is 6.11. The molecule has 1 N–H and O–H groups in total. The van der Waals surface area contributed by atoms with Crippen LogP contribution < -0.4 is 5.32 Å². The lowest BCUT2D eigenvalue weighted by molar-refractivity contribution is -0.129. The largest absolute Gasteiger partial charge is 0.328 e. The Morgan fingerprint density at radius 1 is 1.40 bits per heavy atom. The summed E-state index contributed by atoms with van der Waals surface area (Å²) in [6.07, 6.45) is 4.37. The molecule has 1 amide bonds. The molecule has 0 spiro atoms. The van der Waals surface area contributed by atoms with E-state index in [0.29, 0.717) is 11.8 Å². The van der Waals surface area contributed by atoms with Crippen LogP contribution >= 0.6 is 0 Å². The van der Waals surface area contributed by atoms with Crippen molar-refractivity contribution in [2.24, 2.45) is 5.92 Å². The molecule has 1 aliphatic rings. The predicted octanol–water partition coefficient (Wildman–Crippen LogP) is 1.98. The number of nitrogens with zero attached hydrogens (tertiary/aromatic N) is 1. The molecule has 3 heteroatoms. The van der Waals surface area contributed by atoms with Crippen molar-refractivity contribution in [1.29, 1.82) is 0 Å². The fraction of sp³-hybridized carbons (Fsp3) is 0.917. The summed E-state index contributed by atoms with van der Waals surface area (Å²) in [6, 6.07) is 0.0874. The molecule has 1 rings (SSSR count). The molecule has 1 aliphatic heterocycles. The number of carbonyl (C=O) groups is 1. The summed E-state index contributed by atoms with van der Waals surface area (Å²) in [4.78, 5) is 13.9. The molecule has 88 valence electrons. The van der Waals surface area contributed by atoms with Gasteiger partial charge >= 0.3 is 0 Å². The Kier molecular flexibility index (Phi) is 5.09. The van der Waals surface area contributed by atoms with Crippen molar-refractivity contribution in [1.82, 2.24) is 10.2 Å². The number of carbonyl (C=O) groups excluding carboxylic acids is 1. The number of rotatable bonds is 6. The minimum absolute atomic E-state index is 0.0874. The lowest BCUT2D eigenvalue weighted by atomic mass is 10.0. The molecule has 0 aliphatic carbocycles. The quantitative estimate of drug-likeness (QED) is 0.730. The molecule has 0 bridgehead atoms. The first-order chi connectivity index (χ1) is 7.22. The molecule has 0 saturated carbocycles. The van der Waals surface area contributed by atoms with Gasteiger partial charge in [0, 0.05) is 6.54 Å². The molecule has 0 aromatic rings. The third kappa shape index (κ3) is 3.20. The summed E-state index contributed by atoms with van der Waals surface area (Å²) in [5.41, 5.74) is 0. The molecule has 1 fully saturated rings. The Hall–Kier alpha value is -0.570. The lowest BCUT2D eigenvalue weighted by Crippen LogP contribution is -2.33. The Morgan fingerprint density at radius 2 is 2.07 bits per heavy atom. The first kappa shape index (κ1) is 12.5. The molecular formula is C12H24N2O. The van der Waals surface area contributed by atoms with Gasteiger partial charge in [0.15, 0.2) is 0 Å². The molecule has 3 nitrogen and oxygen atoms in total. The van der Waals surface area contributed by atoms with Gasteiger partial charge in [0.25, 0.3) is 0 Å². The average Bonchev–Trinajstić information content (AvgIpc) is 2.58. The zero-order valence-electron chi connectivity index (χ0n) is 10.3. The van der Waals surface area contributed by atoms with Gasteiger partial charge in [-0.15, -0.1) is 0 Å². The Balaban J connectivity index is 2.41. The summed E-state index contributed by atoms with van der Waals surface area (Å²) in [5, 5.41) is 3.29. The monoisotopic (exact) mass is 212 g/mol. The maximum absolute atomic E-state index is 11.9. The van der Waals surface area contributed by atoms with E-state index in [1.165, 1.54) is 12.8 Å². The van der Waals surface area contributed by atoms with E-state index in [1.807, 2.05) is 4.90 Å². The van der Waals surface area contributed by atoms with Gasteiger partial charge in [-0.05, 0) is 12.3 Å². The SMILES string of the molecule is CCCC1NCN(CC(CC)CC)C1=O. The van der Waals surface area contributed by atoms with Crippen molar-refractivity contribution in [3.63, 3.8) is 0 Å². The van der Waals surface area contributed by atoms with Crippen LogP contribution in [0, 0.1) is 5.92 Å². The molecule has 1 atom stereocenters. The van der Waals surface area contributed by atoms with Gasteiger partial charge in [-0.2, -0.15) is 0 Å². The van der Waals surface area contributed by atoms with Crippen LogP contribution in [-0.4, -0.2) is 30.1 Å². The van der Waals surface area contributed by atoms with Gasteiger partial charge in [0.2, 0.25) is 5.91 Å². The average molecular weight is 212 g/mol.